The Morgan fingerprint density at radius 3 is 2.72 bits per heavy atom. The molecule has 1 saturated carbocycles. The molecule has 7 heteroatoms. The molecule has 0 unspecified atom stereocenters. The molecule has 3 aromatic rings. The molecule has 0 bridgehead atoms. The number of pyridine rings is 2. The van der Waals surface area contributed by atoms with E-state index in [0.717, 1.165) is 79.3 Å². The van der Waals surface area contributed by atoms with Crippen LogP contribution in [0, 0.1) is 18.3 Å². The van der Waals surface area contributed by atoms with Crippen molar-refractivity contribution in [2.24, 2.45) is 0 Å². The Morgan fingerprint density at radius 1 is 1.19 bits per heavy atom. The number of likely N-dealkylation sites (tertiary alicyclic amines) is 1. The quantitative estimate of drug-likeness (QED) is 0.568. The molecule has 0 spiro atoms. The van der Waals surface area contributed by atoms with Gasteiger partial charge in [0.15, 0.2) is 0 Å². The number of para-hydroxylation sites is 1. The van der Waals surface area contributed by atoms with E-state index in [9.17, 15) is 15.2 Å². The van der Waals surface area contributed by atoms with Crippen molar-refractivity contribution in [1.82, 2.24) is 20.2 Å². The van der Waals surface area contributed by atoms with E-state index in [2.05, 4.69) is 26.3 Å². The number of fused-ring (bicyclic) bond motifs is 1. The molecule has 36 heavy (non-hydrogen) atoms. The molecule has 1 aliphatic heterocycles. The van der Waals surface area contributed by atoms with E-state index < -0.39 is 11.5 Å². The Labute approximate surface area is 212 Å². The van der Waals surface area contributed by atoms with E-state index >= 15 is 0 Å². The van der Waals surface area contributed by atoms with Gasteiger partial charge in [-0.15, -0.1) is 0 Å². The number of aliphatic hydroxyl groups excluding tert-OH is 1. The number of hydrogen-bond acceptors (Lipinski definition) is 6. The molecule has 3 heterocycles. The molecule has 1 aliphatic carbocycles. The fourth-order valence-corrected chi connectivity index (χ4v) is 5.57. The van der Waals surface area contributed by atoms with Crippen LogP contribution in [0.1, 0.15) is 65.8 Å². The van der Waals surface area contributed by atoms with Crippen molar-refractivity contribution in [1.29, 1.82) is 5.26 Å². The maximum Gasteiger partial charge on any atom is 0.270 e. The lowest BCUT2D eigenvalue weighted by molar-refractivity contribution is 0.0714. The standard InChI is InChI=1S/C29H33N5O2/c1-20-10-13-31-27(16-20)29(19-30)11-14-34(15-12-29)18-21-17-25(32-23-7-3-2-6-22(21)23)28(36)33-24-8-4-5-9-26(24)35/h2-3,6-7,10,13,16-17,24,26,35H,4-5,8-9,11-12,14-15,18H2,1H3,(H,33,36)/t24-,26-/m0/s1. The summed E-state index contributed by atoms with van der Waals surface area (Å²) in [7, 11) is 0. The van der Waals surface area contributed by atoms with Crippen molar-refractivity contribution in [3.05, 3.63) is 71.2 Å². The fraction of sp³-hybridized carbons (Fsp3) is 0.448. The molecular formula is C29H33N5O2. The number of amides is 1. The van der Waals surface area contributed by atoms with E-state index in [1.165, 1.54) is 0 Å². The van der Waals surface area contributed by atoms with E-state index in [1.807, 2.05) is 49.4 Å². The molecule has 2 aliphatic rings. The van der Waals surface area contributed by atoms with Gasteiger partial charge in [0.2, 0.25) is 0 Å². The maximum atomic E-state index is 13.1. The van der Waals surface area contributed by atoms with Gasteiger partial charge >= 0.3 is 0 Å². The smallest absolute Gasteiger partial charge is 0.270 e. The summed E-state index contributed by atoms with van der Waals surface area (Å²) < 4.78 is 0. The number of carbonyl (C=O) groups excluding carboxylic acids is 1. The molecule has 1 saturated heterocycles. The minimum Gasteiger partial charge on any atom is -0.391 e. The molecule has 1 aromatic carbocycles. The van der Waals surface area contributed by atoms with Crippen LogP contribution in [0.5, 0.6) is 0 Å². The van der Waals surface area contributed by atoms with Crippen LogP contribution in [0.3, 0.4) is 0 Å². The summed E-state index contributed by atoms with van der Waals surface area (Å²) in [5.41, 5.74) is 3.64. The van der Waals surface area contributed by atoms with Gasteiger partial charge < -0.3 is 10.4 Å². The molecule has 2 atom stereocenters. The summed E-state index contributed by atoms with van der Waals surface area (Å²) in [6.45, 7) is 4.26. The molecule has 0 radical (unpaired) electrons. The zero-order valence-corrected chi connectivity index (χ0v) is 20.8. The number of piperidine rings is 1. The van der Waals surface area contributed by atoms with Crippen molar-refractivity contribution in [3.8, 4) is 6.07 Å². The summed E-state index contributed by atoms with van der Waals surface area (Å²) in [6.07, 6.45) is 6.24. The van der Waals surface area contributed by atoms with Crippen molar-refractivity contribution in [2.75, 3.05) is 13.1 Å². The van der Waals surface area contributed by atoms with Crippen LogP contribution in [-0.2, 0) is 12.0 Å². The highest BCUT2D eigenvalue weighted by molar-refractivity contribution is 5.96. The number of nitrogens with one attached hydrogen (secondary N) is 1. The van der Waals surface area contributed by atoms with Crippen LogP contribution in [0.4, 0.5) is 0 Å². The first-order valence-corrected chi connectivity index (χ1v) is 12.9. The van der Waals surface area contributed by atoms with Gasteiger partial charge in [0.1, 0.15) is 11.1 Å². The molecule has 1 amide bonds. The largest absolute Gasteiger partial charge is 0.391 e. The number of aromatic nitrogens is 2. The lowest BCUT2D eigenvalue weighted by Gasteiger charge is -2.37. The second-order valence-electron chi connectivity index (χ2n) is 10.3. The van der Waals surface area contributed by atoms with Crippen LogP contribution in [-0.4, -0.2) is 51.1 Å². The third-order valence-electron chi connectivity index (χ3n) is 7.80. The summed E-state index contributed by atoms with van der Waals surface area (Å²) >= 11 is 0. The Kier molecular flexibility index (Phi) is 6.99. The Hall–Kier alpha value is -3.34. The zero-order chi connectivity index (χ0) is 25.1. The van der Waals surface area contributed by atoms with E-state index in [-0.39, 0.29) is 11.9 Å². The van der Waals surface area contributed by atoms with Crippen molar-refractivity contribution >= 4 is 16.8 Å². The topological polar surface area (TPSA) is 102 Å². The van der Waals surface area contributed by atoms with Gasteiger partial charge in [-0.25, -0.2) is 4.98 Å². The first-order valence-electron chi connectivity index (χ1n) is 12.9. The number of rotatable bonds is 5. The molecule has 2 aromatic heterocycles. The number of hydrogen-bond donors (Lipinski definition) is 2. The summed E-state index contributed by atoms with van der Waals surface area (Å²) in [5.74, 6) is -0.236. The van der Waals surface area contributed by atoms with Gasteiger partial charge in [-0.1, -0.05) is 31.0 Å². The minimum atomic E-state index is -0.561. The SMILES string of the molecule is Cc1ccnc(C2(C#N)CCN(Cc3cc(C(=O)N[C@H]4CCCC[C@@H]4O)nc4ccccc34)CC2)c1. The zero-order valence-electron chi connectivity index (χ0n) is 20.8. The Morgan fingerprint density at radius 2 is 1.97 bits per heavy atom. The molecule has 5 rings (SSSR count). The maximum absolute atomic E-state index is 13.1. The lowest BCUT2D eigenvalue weighted by atomic mass is 9.76. The van der Waals surface area contributed by atoms with E-state index in [0.29, 0.717) is 12.2 Å². The monoisotopic (exact) mass is 483 g/mol. The summed E-state index contributed by atoms with van der Waals surface area (Å²) in [6, 6.07) is 16.1. The lowest BCUT2D eigenvalue weighted by Crippen LogP contribution is -2.45. The predicted molar refractivity (Wildman–Crippen MR) is 138 cm³/mol. The molecule has 186 valence electrons. The number of nitriles is 1. The number of aryl methyl sites for hydroxylation is 1. The van der Waals surface area contributed by atoms with Gasteiger partial charge in [0, 0.05) is 31.2 Å². The highest BCUT2D eigenvalue weighted by Gasteiger charge is 2.38. The molecule has 7 nitrogen and oxygen atoms in total. The number of benzene rings is 1. The van der Waals surface area contributed by atoms with Gasteiger partial charge in [-0.05, 0) is 68.0 Å². The highest BCUT2D eigenvalue weighted by Crippen LogP contribution is 2.35. The minimum absolute atomic E-state index is 0.223. The fourth-order valence-electron chi connectivity index (χ4n) is 5.57. The highest BCUT2D eigenvalue weighted by atomic mass is 16.3. The van der Waals surface area contributed by atoms with E-state index in [1.54, 1.807) is 6.20 Å². The third kappa shape index (κ3) is 4.97. The van der Waals surface area contributed by atoms with Crippen molar-refractivity contribution in [2.45, 2.75) is 69.6 Å². The first kappa shape index (κ1) is 24.4. The second kappa shape index (κ2) is 10.3. The molecule has 2 N–H and O–H groups in total. The summed E-state index contributed by atoms with van der Waals surface area (Å²) in [4.78, 5) is 24.6. The third-order valence-corrected chi connectivity index (χ3v) is 7.80. The average molecular weight is 484 g/mol. The number of carbonyl (C=O) groups is 1. The van der Waals surface area contributed by atoms with Crippen LogP contribution >= 0.6 is 0 Å². The van der Waals surface area contributed by atoms with Crippen molar-refractivity contribution in [3.63, 3.8) is 0 Å². The number of nitrogens with zero attached hydrogens (tertiary/aromatic N) is 4. The Balaban J connectivity index is 1.35. The molecular weight excluding hydrogens is 450 g/mol. The van der Waals surface area contributed by atoms with Crippen LogP contribution in [0.25, 0.3) is 10.9 Å². The predicted octanol–water partition coefficient (Wildman–Crippen LogP) is 4.03. The number of aliphatic hydroxyl groups is 1. The average Bonchev–Trinajstić information content (AvgIpc) is 2.90. The molecule has 2 fully saturated rings. The van der Waals surface area contributed by atoms with Crippen LogP contribution < -0.4 is 5.32 Å². The van der Waals surface area contributed by atoms with E-state index in [4.69, 9.17) is 0 Å². The van der Waals surface area contributed by atoms with Gasteiger partial charge in [0.25, 0.3) is 5.91 Å². The van der Waals surface area contributed by atoms with Gasteiger partial charge in [0.05, 0.1) is 29.4 Å². The summed E-state index contributed by atoms with van der Waals surface area (Å²) in [5, 5.41) is 24.4. The van der Waals surface area contributed by atoms with Gasteiger partial charge in [-0.2, -0.15) is 5.26 Å². The second-order valence-corrected chi connectivity index (χ2v) is 10.3. The van der Waals surface area contributed by atoms with Crippen LogP contribution in [0.15, 0.2) is 48.7 Å². The Bertz CT molecular complexity index is 1290. The first-order chi connectivity index (χ1) is 17.5. The van der Waals surface area contributed by atoms with Crippen LogP contribution in [0.2, 0.25) is 0 Å². The van der Waals surface area contributed by atoms with Crippen molar-refractivity contribution < 1.29 is 9.90 Å². The van der Waals surface area contributed by atoms with Gasteiger partial charge in [-0.3, -0.25) is 14.7 Å². The normalized spacial score (nSPS) is 22.1.